The monoisotopic (exact) mass is 617 g/mol. The number of anilines is 2. The van der Waals surface area contributed by atoms with Crippen molar-refractivity contribution in [2.24, 2.45) is 0 Å². The summed E-state index contributed by atoms with van der Waals surface area (Å²) in [6.45, 7) is 1.33. The van der Waals surface area contributed by atoms with Crippen LogP contribution in [0.3, 0.4) is 0 Å². The van der Waals surface area contributed by atoms with Gasteiger partial charge in [-0.15, -0.1) is 11.8 Å². The molecule has 1 aliphatic heterocycles. The molecule has 10 nitrogen and oxygen atoms in total. The molecule has 4 aromatic rings. The van der Waals surface area contributed by atoms with Crippen molar-refractivity contribution in [1.29, 1.82) is 0 Å². The number of ether oxygens (including phenoxy) is 2. The number of nitrogens with zero attached hydrogens (tertiary/aromatic N) is 3. The van der Waals surface area contributed by atoms with Gasteiger partial charge in [0.2, 0.25) is 11.8 Å². The van der Waals surface area contributed by atoms with E-state index >= 15 is 4.39 Å². The van der Waals surface area contributed by atoms with Crippen LogP contribution in [0.5, 0.6) is 17.2 Å². The van der Waals surface area contributed by atoms with Crippen molar-refractivity contribution in [2.45, 2.75) is 29.5 Å². The van der Waals surface area contributed by atoms with E-state index in [1.807, 2.05) is 31.3 Å². The first-order valence-electron chi connectivity index (χ1n) is 13.9. The summed E-state index contributed by atoms with van der Waals surface area (Å²) in [6, 6.07) is 16.0. The highest BCUT2D eigenvalue weighted by Gasteiger charge is 2.29. The summed E-state index contributed by atoms with van der Waals surface area (Å²) >= 11 is 1.56. The largest absolute Gasteiger partial charge is 0.495 e. The van der Waals surface area contributed by atoms with Crippen molar-refractivity contribution >= 4 is 35.0 Å². The molecule has 0 radical (unpaired) electrons. The number of halogens is 1. The zero-order valence-electron chi connectivity index (χ0n) is 24.5. The molecule has 1 aliphatic rings. The van der Waals surface area contributed by atoms with Crippen molar-refractivity contribution < 1.29 is 23.5 Å². The van der Waals surface area contributed by atoms with E-state index < -0.39 is 24.1 Å². The summed E-state index contributed by atoms with van der Waals surface area (Å²) in [5.74, 6) is -0.914. The maximum atomic E-state index is 15.1. The van der Waals surface area contributed by atoms with Gasteiger partial charge in [0.1, 0.15) is 17.9 Å². The van der Waals surface area contributed by atoms with Gasteiger partial charge in [-0.3, -0.25) is 19.4 Å². The second-order valence-corrected chi connectivity index (χ2v) is 11.6. The van der Waals surface area contributed by atoms with Gasteiger partial charge in [0, 0.05) is 61.0 Å². The quantitative estimate of drug-likeness (QED) is 0.224. The molecule has 0 saturated carbocycles. The van der Waals surface area contributed by atoms with Crippen LogP contribution in [0.2, 0.25) is 0 Å². The lowest BCUT2D eigenvalue weighted by Crippen LogP contribution is -2.26. The third kappa shape index (κ3) is 7.44. The Morgan fingerprint density at radius 1 is 1.05 bits per heavy atom. The maximum absolute atomic E-state index is 15.1. The van der Waals surface area contributed by atoms with Crippen molar-refractivity contribution in [3.63, 3.8) is 0 Å². The number of rotatable bonds is 11. The average molecular weight is 618 g/mol. The Balaban J connectivity index is 1.22. The Kier molecular flexibility index (Phi) is 9.61. The number of carbonyl (C=O) groups is 2. The van der Waals surface area contributed by atoms with E-state index in [4.69, 9.17) is 9.47 Å². The van der Waals surface area contributed by atoms with Crippen LogP contribution in [0.4, 0.5) is 15.8 Å². The number of carbonyl (C=O) groups excluding carboxylic acids is 2. The summed E-state index contributed by atoms with van der Waals surface area (Å²) in [5.41, 5.74) is 2.41. The Labute approximate surface area is 258 Å². The van der Waals surface area contributed by atoms with Gasteiger partial charge in [-0.25, -0.2) is 4.39 Å². The van der Waals surface area contributed by atoms with Crippen LogP contribution < -0.4 is 25.7 Å². The average Bonchev–Trinajstić information content (AvgIpc) is 3.43. The number of pyridine rings is 2. The van der Waals surface area contributed by atoms with Gasteiger partial charge in [-0.05, 0) is 43.9 Å². The first-order chi connectivity index (χ1) is 21.2. The first-order valence-corrected chi connectivity index (χ1v) is 14.8. The number of nitrogens with one attached hydrogen (secondary N) is 2. The van der Waals surface area contributed by atoms with E-state index in [0.29, 0.717) is 30.2 Å². The fourth-order valence-corrected chi connectivity index (χ4v) is 5.96. The number of hydrogen-bond donors (Lipinski definition) is 2. The fourth-order valence-electron chi connectivity index (χ4n) is 4.66. The SMILES string of the molecule is COc1ccccc1NC(=O)CC(=O)Nc1ccc(Oc2ccnc3c2SC(c2ccc(=O)n(CCN(C)C)c2)C3)c(F)c1. The molecule has 228 valence electrons. The van der Waals surface area contributed by atoms with Gasteiger partial charge in [0.05, 0.1) is 23.4 Å². The van der Waals surface area contributed by atoms with Gasteiger partial charge in [0.15, 0.2) is 11.6 Å². The normalized spacial score (nSPS) is 13.8. The van der Waals surface area contributed by atoms with Crippen LogP contribution in [0.15, 0.2) is 82.7 Å². The summed E-state index contributed by atoms with van der Waals surface area (Å²) in [4.78, 5) is 44.5. The van der Waals surface area contributed by atoms with Crippen molar-refractivity contribution in [3.8, 4) is 17.2 Å². The molecule has 1 atom stereocenters. The molecule has 12 heteroatoms. The molecule has 2 amide bonds. The first kappa shape index (κ1) is 30.8. The lowest BCUT2D eigenvalue weighted by Gasteiger charge is -2.15. The minimum Gasteiger partial charge on any atom is -0.495 e. The van der Waals surface area contributed by atoms with Crippen molar-refractivity contribution in [2.75, 3.05) is 38.4 Å². The molecule has 0 fully saturated rings. The van der Waals surface area contributed by atoms with E-state index in [-0.39, 0.29) is 22.2 Å². The van der Waals surface area contributed by atoms with Gasteiger partial charge in [-0.2, -0.15) is 0 Å². The van der Waals surface area contributed by atoms with Gasteiger partial charge < -0.3 is 29.6 Å². The Bertz CT molecular complexity index is 1740. The molecule has 0 bridgehead atoms. The van der Waals surface area contributed by atoms with E-state index in [1.165, 1.54) is 19.2 Å². The summed E-state index contributed by atoms with van der Waals surface area (Å²) < 4.78 is 28.0. The number of likely N-dealkylation sites (N-methyl/N-ethyl adjacent to an activating group) is 1. The van der Waals surface area contributed by atoms with Gasteiger partial charge in [-0.1, -0.05) is 18.2 Å². The minimum absolute atomic E-state index is 0.0217. The summed E-state index contributed by atoms with van der Waals surface area (Å²) in [5, 5.41) is 5.20. The molecule has 1 unspecified atom stereocenters. The van der Waals surface area contributed by atoms with Gasteiger partial charge in [0.25, 0.3) is 5.56 Å². The van der Waals surface area contributed by atoms with Crippen LogP contribution in [0.25, 0.3) is 0 Å². The Morgan fingerprint density at radius 2 is 1.84 bits per heavy atom. The van der Waals surface area contributed by atoms with Crippen LogP contribution in [0.1, 0.15) is 22.9 Å². The zero-order chi connectivity index (χ0) is 31.2. The third-order valence-corrected chi connectivity index (χ3v) is 8.28. The van der Waals surface area contributed by atoms with E-state index in [2.05, 4.69) is 15.6 Å². The number of thioether (sulfide) groups is 1. The second-order valence-electron chi connectivity index (χ2n) is 10.4. The molecule has 2 N–H and O–H groups in total. The molecule has 44 heavy (non-hydrogen) atoms. The highest BCUT2D eigenvalue weighted by molar-refractivity contribution is 8.00. The number of methoxy groups -OCH3 is 1. The molecule has 2 aromatic carbocycles. The predicted octanol–water partition coefficient (Wildman–Crippen LogP) is 5.10. The molecule has 0 aliphatic carbocycles. The lowest BCUT2D eigenvalue weighted by atomic mass is 10.1. The molecular formula is C32H32FN5O5S. The topological polar surface area (TPSA) is 115 Å². The van der Waals surface area contributed by atoms with Crippen LogP contribution in [0, 0.1) is 5.82 Å². The highest BCUT2D eigenvalue weighted by atomic mass is 32.2. The summed E-state index contributed by atoms with van der Waals surface area (Å²) in [7, 11) is 5.41. The maximum Gasteiger partial charge on any atom is 0.250 e. The molecule has 0 saturated heterocycles. The molecule has 2 aromatic heterocycles. The Morgan fingerprint density at radius 3 is 2.61 bits per heavy atom. The molecule has 0 spiro atoms. The van der Waals surface area contributed by atoms with Crippen molar-refractivity contribution in [1.82, 2.24) is 14.5 Å². The van der Waals surface area contributed by atoms with E-state index in [1.54, 1.807) is 58.9 Å². The number of amides is 2. The number of hydrogen-bond acceptors (Lipinski definition) is 8. The van der Waals surface area contributed by atoms with Crippen molar-refractivity contribution in [3.05, 3.63) is 100 Å². The number of benzene rings is 2. The number of aromatic nitrogens is 2. The third-order valence-electron chi connectivity index (χ3n) is 6.89. The standard InChI is InChI=1S/C32H32FN5O5S/c1-37(2)14-15-38-19-20(8-11-31(38)41)28-17-24-32(44-28)27(12-13-34-24)43-25-10-9-21(16-22(25)33)35-29(39)18-30(40)36-23-6-4-5-7-26(23)42-3/h4-13,16,19,28H,14-15,17-18H2,1-3H3,(H,35,39)(H,36,40). The highest BCUT2D eigenvalue weighted by Crippen LogP contribution is 2.50. The lowest BCUT2D eigenvalue weighted by molar-refractivity contribution is -0.123. The molecule has 5 rings (SSSR count). The van der Waals surface area contributed by atoms with E-state index in [0.717, 1.165) is 28.8 Å². The number of fused-ring (bicyclic) bond motifs is 1. The smallest absolute Gasteiger partial charge is 0.250 e. The zero-order valence-corrected chi connectivity index (χ0v) is 25.3. The van der Waals surface area contributed by atoms with Crippen LogP contribution in [-0.2, 0) is 22.6 Å². The second kappa shape index (κ2) is 13.7. The molecule has 3 heterocycles. The predicted molar refractivity (Wildman–Crippen MR) is 167 cm³/mol. The fraction of sp³-hybridized carbons (Fsp3) is 0.250. The molecular weight excluding hydrogens is 585 g/mol. The summed E-state index contributed by atoms with van der Waals surface area (Å²) in [6.07, 6.45) is 3.69. The van der Waals surface area contributed by atoms with Gasteiger partial charge >= 0.3 is 0 Å². The minimum atomic E-state index is -0.681. The van der Waals surface area contributed by atoms with E-state index in [9.17, 15) is 14.4 Å². The Hall–Kier alpha value is -4.68. The van der Waals surface area contributed by atoms with Crippen LogP contribution >= 0.6 is 11.8 Å². The van der Waals surface area contributed by atoms with Crippen LogP contribution in [-0.4, -0.2) is 54.0 Å². The number of para-hydroxylation sites is 2.